The predicted molar refractivity (Wildman–Crippen MR) is 140 cm³/mol. The number of pyridine rings is 2. The first-order valence-electron chi connectivity index (χ1n) is 11.5. The number of amides is 1. The fourth-order valence-electron chi connectivity index (χ4n) is 4.16. The van der Waals surface area contributed by atoms with Gasteiger partial charge in [-0.25, -0.2) is 15.0 Å². The van der Waals surface area contributed by atoms with Gasteiger partial charge in [-0.05, 0) is 54.6 Å². The maximum atomic E-state index is 13.2. The molecule has 2 aromatic carbocycles. The van der Waals surface area contributed by atoms with Crippen LogP contribution in [0.25, 0.3) is 27.8 Å². The Hall–Kier alpha value is -5.31. The Morgan fingerprint density at radius 2 is 1.68 bits per heavy atom. The van der Waals surface area contributed by atoms with Gasteiger partial charge in [0.05, 0.1) is 10.8 Å². The van der Waals surface area contributed by atoms with Crippen molar-refractivity contribution in [1.29, 1.82) is 0 Å². The number of nitrogens with zero attached hydrogens (tertiary/aromatic N) is 5. The summed E-state index contributed by atoms with van der Waals surface area (Å²) < 4.78 is 9.57. The van der Waals surface area contributed by atoms with E-state index < -0.39 is 5.91 Å². The van der Waals surface area contributed by atoms with E-state index in [2.05, 4.69) is 20.3 Å². The van der Waals surface area contributed by atoms with Gasteiger partial charge in [0.15, 0.2) is 0 Å². The molecule has 0 saturated heterocycles. The van der Waals surface area contributed by atoms with Crippen LogP contribution in [0.5, 0.6) is 11.6 Å². The van der Waals surface area contributed by atoms with Gasteiger partial charge in [0.2, 0.25) is 11.3 Å². The van der Waals surface area contributed by atoms with E-state index in [1.165, 1.54) is 12.5 Å². The molecule has 0 bridgehead atoms. The van der Waals surface area contributed by atoms with Crippen LogP contribution < -0.4 is 15.5 Å². The molecule has 4 heterocycles. The van der Waals surface area contributed by atoms with Crippen LogP contribution in [0.2, 0.25) is 0 Å². The molecule has 180 valence electrons. The third kappa shape index (κ3) is 4.08. The van der Waals surface area contributed by atoms with Crippen molar-refractivity contribution in [1.82, 2.24) is 24.1 Å². The van der Waals surface area contributed by atoms with Gasteiger partial charge in [-0.3, -0.25) is 9.59 Å². The standard InChI is InChI=1S/C28H20N6O3/c1-33-15-13-22-25(33)30-17-31-28(22)37-20-11-9-18(10-12-20)32-27(36)23-16-34(19-6-3-2-4-7-19)26-21(24(23)35)8-5-14-29-26/h2-17H,1H3,(H,32,36). The first kappa shape index (κ1) is 22.2. The van der Waals surface area contributed by atoms with Gasteiger partial charge in [0.1, 0.15) is 28.9 Å². The lowest BCUT2D eigenvalue weighted by atomic mass is 10.1. The zero-order valence-electron chi connectivity index (χ0n) is 19.7. The second-order valence-corrected chi connectivity index (χ2v) is 8.38. The number of hydrogen-bond acceptors (Lipinski definition) is 6. The van der Waals surface area contributed by atoms with Gasteiger partial charge in [0.25, 0.3) is 5.91 Å². The number of ether oxygens (including phenoxy) is 1. The van der Waals surface area contributed by atoms with E-state index in [1.54, 1.807) is 47.2 Å². The molecule has 1 N–H and O–H groups in total. The molecule has 6 aromatic rings. The number of fused-ring (bicyclic) bond motifs is 2. The van der Waals surface area contributed by atoms with Crippen molar-refractivity contribution in [3.63, 3.8) is 0 Å². The quantitative estimate of drug-likeness (QED) is 0.377. The smallest absolute Gasteiger partial charge is 0.261 e. The molecule has 0 atom stereocenters. The van der Waals surface area contributed by atoms with Crippen molar-refractivity contribution in [2.24, 2.45) is 7.05 Å². The number of para-hydroxylation sites is 1. The molecule has 0 aliphatic heterocycles. The highest BCUT2D eigenvalue weighted by Crippen LogP contribution is 2.28. The molecule has 0 aliphatic rings. The minimum atomic E-state index is -0.518. The van der Waals surface area contributed by atoms with Crippen LogP contribution >= 0.6 is 0 Å². The van der Waals surface area contributed by atoms with Crippen LogP contribution in [-0.2, 0) is 7.05 Å². The third-order valence-electron chi connectivity index (χ3n) is 5.99. The molecule has 0 saturated carbocycles. The topological polar surface area (TPSA) is 104 Å². The van der Waals surface area contributed by atoms with Crippen molar-refractivity contribution in [3.05, 3.63) is 114 Å². The first-order chi connectivity index (χ1) is 18.1. The Morgan fingerprint density at radius 1 is 0.865 bits per heavy atom. The highest BCUT2D eigenvalue weighted by atomic mass is 16.5. The van der Waals surface area contributed by atoms with Crippen LogP contribution in [0.4, 0.5) is 5.69 Å². The van der Waals surface area contributed by atoms with Gasteiger partial charge >= 0.3 is 0 Å². The summed E-state index contributed by atoms with van der Waals surface area (Å²) in [4.78, 5) is 39.2. The lowest BCUT2D eigenvalue weighted by Gasteiger charge is -2.13. The Morgan fingerprint density at radius 3 is 2.49 bits per heavy atom. The summed E-state index contributed by atoms with van der Waals surface area (Å²) in [6.07, 6.45) is 6.49. The molecule has 37 heavy (non-hydrogen) atoms. The summed E-state index contributed by atoms with van der Waals surface area (Å²) in [5, 5.41) is 3.96. The van der Waals surface area contributed by atoms with Crippen LogP contribution in [0.1, 0.15) is 10.4 Å². The molecule has 6 rings (SSSR count). The molecule has 0 unspecified atom stereocenters. The van der Waals surface area contributed by atoms with Crippen molar-refractivity contribution >= 4 is 33.7 Å². The predicted octanol–water partition coefficient (Wildman–Crippen LogP) is 4.71. The number of anilines is 1. The summed E-state index contributed by atoms with van der Waals surface area (Å²) in [5.74, 6) is 0.467. The van der Waals surface area contributed by atoms with E-state index in [0.717, 1.165) is 16.7 Å². The zero-order chi connectivity index (χ0) is 25.4. The fourth-order valence-corrected chi connectivity index (χ4v) is 4.16. The number of hydrogen-bond donors (Lipinski definition) is 1. The third-order valence-corrected chi connectivity index (χ3v) is 5.99. The highest BCUT2D eigenvalue weighted by molar-refractivity contribution is 6.05. The van der Waals surface area contributed by atoms with E-state index in [9.17, 15) is 9.59 Å². The van der Waals surface area contributed by atoms with E-state index >= 15 is 0 Å². The monoisotopic (exact) mass is 488 g/mol. The molecule has 0 spiro atoms. The van der Waals surface area contributed by atoms with Crippen LogP contribution in [0.15, 0.2) is 103 Å². The lowest BCUT2D eigenvalue weighted by Crippen LogP contribution is -2.24. The highest BCUT2D eigenvalue weighted by Gasteiger charge is 2.17. The van der Waals surface area contributed by atoms with Gasteiger partial charge in [-0.1, -0.05) is 18.2 Å². The molecule has 1 amide bonds. The lowest BCUT2D eigenvalue weighted by molar-refractivity contribution is 0.102. The number of rotatable bonds is 5. The number of carbonyl (C=O) groups excluding carboxylic acids is 1. The maximum Gasteiger partial charge on any atom is 0.261 e. The van der Waals surface area contributed by atoms with Crippen molar-refractivity contribution in [2.75, 3.05) is 5.32 Å². The minimum absolute atomic E-state index is 0.0112. The van der Waals surface area contributed by atoms with Gasteiger partial charge in [-0.15, -0.1) is 0 Å². The van der Waals surface area contributed by atoms with Crippen molar-refractivity contribution in [3.8, 4) is 17.3 Å². The van der Waals surface area contributed by atoms with Crippen molar-refractivity contribution in [2.45, 2.75) is 0 Å². The van der Waals surface area contributed by atoms with E-state index in [0.29, 0.717) is 28.4 Å². The normalized spacial score (nSPS) is 11.1. The number of benzene rings is 2. The van der Waals surface area contributed by atoms with Gasteiger partial charge in [0, 0.05) is 37.0 Å². The summed E-state index contributed by atoms with van der Waals surface area (Å²) in [5.41, 5.74) is 2.18. The number of carbonyl (C=O) groups is 1. The summed E-state index contributed by atoms with van der Waals surface area (Å²) in [7, 11) is 1.90. The minimum Gasteiger partial charge on any atom is -0.438 e. The Bertz CT molecular complexity index is 1830. The van der Waals surface area contributed by atoms with E-state index in [1.807, 2.05) is 54.2 Å². The molecule has 4 aromatic heterocycles. The molecule has 0 radical (unpaired) electrons. The van der Waals surface area contributed by atoms with Crippen LogP contribution in [-0.4, -0.2) is 30.0 Å². The zero-order valence-corrected chi connectivity index (χ0v) is 19.7. The molecule has 9 nitrogen and oxygen atoms in total. The first-order valence-corrected chi connectivity index (χ1v) is 11.5. The number of aromatic nitrogens is 5. The number of nitrogens with one attached hydrogen (secondary N) is 1. The second-order valence-electron chi connectivity index (χ2n) is 8.38. The largest absolute Gasteiger partial charge is 0.438 e. The molecular formula is C28H20N6O3. The molecule has 0 aliphatic carbocycles. The summed E-state index contributed by atoms with van der Waals surface area (Å²) in [6.45, 7) is 0. The summed E-state index contributed by atoms with van der Waals surface area (Å²) in [6, 6.07) is 21.5. The van der Waals surface area contributed by atoms with E-state index in [-0.39, 0.29) is 11.0 Å². The molecular weight excluding hydrogens is 468 g/mol. The Kier molecular flexibility index (Phi) is 5.42. The van der Waals surface area contributed by atoms with Gasteiger partial charge < -0.3 is 19.2 Å². The Balaban J connectivity index is 1.28. The second kappa shape index (κ2) is 9.04. The number of aryl methyl sites for hydroxylation is 1. The summed E-state index contributed by atoms with van der Waals surface area (Å²) >= 11 is 0. The van der Waals surface area contributed by atoms with Gasteiger partial charge in [-0.2, -0.15) is 0 Å². The molecule has 0 fully saturated rings. The fraction of sp³-hybridized carbons (Fsp3) is 0.0357. The van der Waals surface area contributed by atoms with Crippen LogP contribution in [0, 0.1) is 0 Å². The average molecular weight is 489 g/mol. The van der Waals surface area contributed by atoms with Crippen molar-refractivity contribution < 1.29 is 9.53 Å². The molecule has 9 heteroatoms. The Labute approximate surface area is 210 Å². The van der Waals surface area contributed by atoms with Crippen LogP contribution in [0.3, 0.4) is 0 Å². The SMILES string of the molecule is Cn1ccc2c(Oc3ccc(NC(=O)c4cn(-c5ccccc5)c5ncccc5c4=O)cc3)ncnc21. The average Bonchev–Trinajstić information content (AvgIpc) is 3.32. The van der Waals surface area contributed by atoms with E-state index in [4.69, 9.17) is 4.74 Å². The maximum absolute atomic E-state index is 13.2.